The van der Waals surface area contributed by atoms with Crippen LogP contribution < -0.4 is 47.9 Å². The summed E-state index contributed by atoms with van der Waals surface area (Å²) in [5.74, 6) is -6.76. The van der Waals surface area contributed by atoms with Crippen molar-refractivity contribution in [2.45, 2.75) is 204 Å². The summed E-state index contributed by atoms with van der Waals surface area (Å²) in [5.41, 5.74) is 0. The van der Waals surface area contributed by atoms with Gasteiger partial charge >= 0.3 is 0 Å². The van der Waals surface area contributed by atoms with Crippen LogP contribution in [-0.2, 0) is 43.2 Å². The fourth-order valence-electron chi connectivity index (χ4n) is 7.87. The van der Waals surface area contributed by atoms with E-state index in [1.54, 1.807) is 13.8 Å². The normalized spacial score (nSPS) is 25.7. The maximum absolute atomic E-state index is 14.2. The van der Waals surface area contributed by atoms with Gasteiger partial charge in [-0.3, -0.25) is 43.2 Å². The third kappa shape index (κ3) is 23.2. The van der Waals surface area contributed by atoms with Crippen LogP contribution in [0.5, 0.6) is 0 Å². The Morgan fingerprint density at radius 3 is 0.746 bits per heavy atom. The molecule has 0 aromatic rings. The second-order valence-electron chi connectivity index (χ2n) is 21.8. The number of carbonyl (C=O) groups excluding carboxylic acids is 9. The third-order valence-corrected chi connectivity index (χ3v) is 11.1. The molecule has 1 rings (SSSR count). The van der Waals surface area contributed by atoms with Crippen molar-refractivity contribution in [2.24, 2.45) is 47.3 Å². The molecule has 0 aromatic heterocycles. The maximum atomic E-state index is 14.2. The molecule has 384 valence electrons. The number of amides is 9. The van der Waals surface area contributed by atoms with Crippen molar-refractivity contribution in [2.75, 3.05) is 6.54 Å². The molecular weight excluding hydrogens is 859 g/mol. The summed E-state index contributed by atoms with van der Waals surface area (Å²) in [7, 11) is 0. The highest BCUT2D eigenvalue weighted by Crippen LogP contribution is 2.16. The lowest BCUT2D eigenvalue weighted by Gasteiger charge is -2.30. The molecule has 67 heavy (non-hydrogen) atoms. The molecule has 0 radical (unpaired) electrons. The molecule has 1 aliphatic rings. The average molecular weight is 948 g/mol. The molecule has 18 heteroatoms. The van der Waals surface area contributed by atoms with Crippen LogP contribution >= 0.6 is 0 Å². The minimum Gasteiger partial charge on any atom is -0.345 e. The highest BCUT2D eigenvalue weighted by molar-refractivity contribution is 5.98. The summed E-state index contributed by atoms with van der Waals surface area (Å²) in [5, 5.41) is 25.0. The second kappa shape index (κ2) is 29.2. The van der Waals surface area contributed by atoms with E-state index >= 15 is 0 Å². The van der Waals surface area contributed by atoms with Crippen LogP contribution in [0.4, 0.5) is 0 Å². The van der Waals surface area contributed by atoms with Crippen molar-refractivity contribution in [3.63, 3.8) is 0 Å². The van der Waals surface area contributed by atoms with Crippen LogP contribution in [-0.4, -0.2) is 108 Å². The van der Waals surface area contributed by atoms with E-state index in [0.717, 1.165) is 0 Å². The first kappa shape index (κ1) is 60.2. The summed E-state index contributed by atoms with van der Waals surface area (Å²) in [4.78, 5) is 126. The lowest BCUT2D eigenvalue weighted by Crippen LogP contribution is -2.61. The molecule has 9 N–H and O–H groups in total. The Labute approximate surface area is 401 Å². The highest BCUT2D eigenvalue weighted by atomic mass is 16.2. The minimum atomic E-state index is -1.13. The van der Waals surface area contributed by atoms with Crippen molar-refractivity contribution in [1.82, 2.24) is 47.9 Å². The molecule has 0 aliphatic carbocycles. The van der Waals surface area contributed by atoms with Gasteiger partial charge in [0.05, 0.1) is 6.54 Å². The molecule has 1 saturated heterocycles. The van der Waals surface area contributed by atoms with Gasteiger partial charge in [-0.05, 0) is 92.3 Å². The van der Waals surface area contributed by atoms with Crippen molar-refractivity contribution in [3.8, 4) is 0 Å². The SMILES string of the molecule is CC(C)C[C@@H]1NC(=O)CNC(=O)[C@H](CC(C)C)NC(=O)[C@H](CC(C)C)NC(=O)[C@H](CC(C)C)NC(=O)[C@H](CC(C)C)NC(=O)[C@H](CC(C)C)NC(=O)[C@H](CC(C)C)NC(=O)[C@H](C(C)C)NC1=O. The maximum Gasteiger partial charge on any atom is 0.243 e. The Morgan fingerprint density at radius 1 is 0.299 bits per heavy atom. The first-order valence-corrected chi connectivity index (χ1v) is 24.7. The quantitative estimate of drug-likeness (QED) is 0.117. The van der Waals surface area contributed by atoms with Gasteiger partial charge in [0.1, 0.15) is 48.3 Å². The number of carbonyl (C=O) groups is 9. The van der Waals surface area contributed by atoms with E-state index in [9.17, 15) is 43.2 Å². The van der Waals surface area contributed by atoms with E-state index < -0.39 is 114 Å². The van der Waals surface area contributed by atoms with Gasteiger partial charge in [0.25, 0.3) is 0 Å². The largest absolute Gasteiger partial charge is 0.345 e. The van der Waals surface area contributed by atoms with Crippen LogP contribution in [0.15, 0.2) is 0 Å². The molecular formula is C49H89N9O9. The zero-order valence-electron chi connectivity index (χ0n) is 43.6. The predicted molar refractivity (Wildman–Crippen MR) is 259 cm³/mol. The summed E-state index contributed by atoms with van der Waals surface area (Å²) < 4.78 is 0. The molecule has 0 spiro atoms. The number of hydrogen-bond acceptors (Lipinski definition) is 9. The number of hydrogen-bond donors (Lipinski definition) is 9. The monoisotopic (exact) mass is 948 g/mol. The molecule has 0 bridgehead atoms. The van der Waals surface area contributed by atoms with Gasteiger partial charge in [-0.25, -0.2) is 0 Å². The summed E-state index contributed by atoms with van der Waals surface area (Å²) in [6.45, 7) is 29.2. The Balaban J connectivity index is 3.97. The van der Waals surface area contributed by atoms with E-state index in [4.69, 9.17) is 0 Å². The van der Waals surface area contributed by atoms with E-state index in [2.05, 4.69) is 47.9 Å². The lowest BCUT2D eigenvalue weighted by molar-refractivity contribution is -0.136. The lowest BCUT2D eigenvalue weighted by atomic mass is 9.97. The summed E-state index contributed by atoms with van der Waals surface area (Å²) >= 11 is 0. The van der Waals surface area contributed by atoms with Gasteiger partial charge in [0, 0.05) is 0 Å². The summed E-state index contributed by atoms with van der Waals surface area (Å²) in [6.07, 6.45) is 1.37. The van der Waals surface area contributed by atoms with E-state index in [1.807, 2.05) is 96.9 Å². The predicted octanol–water partition coefficient (Wildman–Crippen LogP) is 2.97. The van der Waals surface area contributed by atoms with Crippen LogP contribution in [0.3, 0.4) is 0 Å². The Morgan fingerprint density at radius 2 is 0.507 bits per heavy atom. The second-order valence-corrected chi connectivity index (χ2v) is 21.8. The van der Waals surface area contributed by atoms with Gasteiger partial charge in [-0.15, -0.1) is 0 Å². The fourth-order valence-corrected chi connectivity index (χ4v) is 7.87. The standard InChI is InChI=1S/C49H89N9O9/c1-25(2)17-33-42(60)50-24-40(59)51-34(18-26(3)4)48(66)58-41(32(15)16)49(67)57-39(23-31(13)14)47(65)56-38(22-30(11)12)46(64)55-37(21-29(9)10)45(63)54-36(20-28(7)8)44(62)53-35(19-27(5)6)43(61)52-33/h25-39,41H,17-24H2,1-16H3,(H,50,60)(H,51,59)(H,52,61)(H,53,62)(H,54,63)(H,55,64)(H,56,65)(H,57,67)(H,58,66)/t33-,34-,35-,36-,37-,38-,39-,41-/m0/s1. The van der Waals surface area contributed by atoms with Crippen LogP contribution in [0.1, 0.15) is 156 Å². The van der Waals surface area contributed by atoms with Gasteiger partial charge in [-0.1, -0.05) is 111 Å². The molecule has 0 aromatic carbocycles. The summed E-state index contributed by atoms with van der Waals surface area (Å²) in [6, 6.07) is -8.89. The minimum absolute atomic E-state index is 0.0713. The Bertz CT molecular complexity index is 1660. The van der Waals surface area contributed by atoms with Gasteiger partial charge in [0.15, 0.2) is 0 Å². The molecule has 9 amide bonds. The topological polar surface area (TPSA) is 262 Å². The van der Waals surface area contributed by atoms with Crippen molar-refractivity contribution in [3.05, 3.63) is 0 Å². The Kier molecular flexibility index (Phi) is 26.2. The number of nitrogens with one attached hydrogen (secondary N) is 9. The van der Waals surface area contributed by atoms with Crippen LogP contribution in [0, 0.1) is 47.3 Å². The molecule has 1 heterocycles. The number of rotatable bonds is 15. The molecule has 18 nitrogen and oxygen atoms in total. The first-order valence-electron chi connectivity index (χ1n) is 24.7. The zero-order chi connectivity index (χ0) is 51.5. The smallest absolute Gasteiger partial charge is 0.243 e. The zero-order valence-corrected chi connectivity index (χ0v) is 43.6. The average Bonchev–Trinajstić information content (AvgIpc) is 3.18. The fraction of sp³-hybridized carbons (Fsp3) is 0.816. The van der Waals surface area contributed by atoms with Crippen molar-refractivity contribution < 1.29 is 43.2 Å². The molecule has 0 saturated carbocycles. The Hall–Kier alpha value is -4.77. The van der Waals surface area contributed by atoms with Gasteiger partial charge in [-0.2, -0.15) is 0 Å². The third-order valence-electron chi connectivity index (χ3n) is 11.1. The molecule has 1 fully saturated rings. The van der Waals surface area contributed by atoms with E-state index in [1.165, 1.54) is 0 Å². The highest BCUT2D eigenvalue weighted by Gasteiger charge is 2.37. The molecule has 8 atom stereocenters. The molecule has 0 unspecified atom stereocenters. The van der Waals surface area contributed by atoms with Crippen molar-refractivity contribution >= 4 is 53.2 Å². The van der Waals surface area contributed by atoms with Gasteiger partial charge in [0.2, 0.25) is 53.2 Å². The van der Waals surface area contributed by atoms with E-state index in [0.29, 0.717) is 0 Å². The first-order chi connectivity index (χ1) is 31.0. The van der Waals surface area contributed by atoms with E-state index in [-0.39, 0.29) is 86.4 Å². The van der Waals surface area contributed by atoms with Crippen LogP contribution in [0.25, 0.3) is 0 Å². The molecule has 1 aliphatic heterocycles. The van der Waals surface area contributed by atoms with Crippen LogP contribution in [0.2, 0.25) is 0 Å². The van der Waals surface area contributed by atoms with Gasteiger partial charge < -0.3 is 47.9 Å². The van der Waals surface area contributed by atoms with Crippen molar-refractivity contribution in [1.29, 1.82) is 0 Å².